The Morgan fingerprint density at radius 3 is 2.50 bits per heavy atom. The standard InChI is InChI=1S/C32H40N2O2/c1-5-9-10-13-24(6-2)23-33-20-18-25(19-21-33)31-27-14-11-12-15-29(27)36-30-22-26(16-17-28(30)31)32(35)34(7-3)8-4/h5-6,9-12,14-17,22,25,31H,1,7-8,13,18-21,23H2,2-4H3/b10-9?,24-6+. The average molecular weight is 485 g/mol. The van der Waals surface area contributed by atoms with Crippen LogP contribution in [0.1, 0.15) is 67.4 Å². The van der Waals surface area contributed by atoms with Crippen molar-refractivity contribution < 1.29 is 9.53 Å². The Labute approximate surface area is 217 Å². The average Bonchev–Trinajstić information content (AvgIpc) is 2.92. The molecule has 2 aromatic rings. The Hall–Kier alpha value is -3.11. The quantitative estimate of drug-likeness (QED) is 0.279. The maximum Gasteiger partial charge on any atom is 0.253 e. The molecular formula is C32H40N2O2. The van der Waals surface area contributed by atoms with Crippen molar-refractivity contribution in [3.63, 3.8) is 0 Å². The minimum absolute atomic E-state index is 0.0674. The predicted molar refractivity (Wildman–Crippen MR) is 149 cm³/mol. The van der Waals surface area contributed by atoms with Gasteiger partial charge >= 0.3 is 0 Å². The van der Waals surface area contributed by atoms with Gasteiger partial charge in [-0.15, -0.1) is 0 Å². The van der Waals surface area contributed by atoms with Crippen molar-refractivity contribution in [1.29, 1.82) is 0 Å². The number of rotatable bonds is 9. The third-order valence-electron chi connectivity index (χ3n) is 7.71. The van der Waals surface area contributed by atoms with Gasteiger partial charge in [-0.1, -0.05) is 60.7 Å². The summed E-state index contributed by atoms with van der Waals surface area (Å²) < 4.78 is 6.37. The van der Waals surface area contributed by atoms with Gasteiger partial charge in [-0.3, -0.25) is 9.69 Å². The van der Waals surface area contributed by atoms with E-state index in [2.05, 4.69) is 54.8 Å². The van der Waals surface area contributed by atoms with Crippen LogP contribution in [-0.4, -0.2) is 48.4 Å². The second-order valence-electron chi connectivity index (χ2n) is 9.78. The number of fused-ring (bicyclic) bond motifs is 2. The third-order valence-corrected chi connectivity index (χ3v) is 7.71. The van der Waals surface area contributed by atoms with Crippen LogP contribution in [0.4, 0.5) is 0 Å². The molecular weight excluding hydrogens is 444 g/mol. The predicted octanol–water partition coefficient (Wildman–Crippen LogP) is 7.20. The number of amides is 1. The Kier molecular flexibility index (Phi) is 8.82. The number of carbonyl (C=O) groups excluding carboxylic acids is 1. The van der Waals surface area contributed by atoms with E-state index in [1.165, 1.54) is 16.7 Å². The van der Waals surface area contributed by atoms with E-state index in [0.717, 1.165) is 50.4 Å². The number of nitrogens with zero attached hydrogens (tertiary/aromatic N) is 2. The molecule has 190 valence electrons. The lowest BCUT2D eigenvalue weighted by Crippen LogP contribution is -2.37. The molecule has 4 heteroatoms. The van der Waals surface area contributed by atoms with E-state index in [-0.39, 0.29) is 5.91 Å². The highest BCUT2D eigenvalue weighted by Gasteiger charge is 2.35. The van der Waals surface area contributed by atoms with E-state index in [1.54, 1.807) is 0 Å². The van der Waals surface area contributed by atoms with Crippen LogP contribution in [-0.2, 0) is 0 Å². The number of hydrogen-bond donors (Lipinski definition) is 0. The highest BCUT2D eigenvalue weighted by atomic mass is 16.5. The van der Waals surface area contributed by atoms with Gasteiger partial charge in [0.2, 0.25) is 0 Å². The minimum atomic E-state index is 0.0674. The van der Waals surface area contributed by atoms with Crippen LogP contribution in [0.25, 0.3) is 0 Å². The zero-order chi connectivity index (χ0) is 25.5. The monoisotopic (exact) mass is 484 g/mol. The van der Waals surface area contributed by atoms with Crippen LogP contribution in [0, 0.1) is 5.92 Å². The lowest BCUT2D eigenvalue weighted by atomic mass is 9.74. The van der Waals surface area contributed by atoms with E-state index in [4.69, 9.17) is 4.74 Å². The van der Waals surface area contributed by atoms with E-state index in [9.17, 15) is 4.79 Å². The molecule has 0 aromatic heterocycles. The van der Waals surface area contributed by atoms with Crippen molar-refractivity contribution in [3.05, 3.63) is 95.6 Å². The van der Waals surface area contributed by atoms with Crippen LogP contribution < -0.4 is 4.74 Å². The van der Waals surface area contributed by atoms with E-state index in [1.807, 2.05) is 49.1 Å². The fourth-order valence-electron chi connectivity index (χ4n) is 5.65. The molecule has 36 heavy (non-hydrogen) atoms. The summed E-state index contributed by atoms with van der Waals surface area (Å²) in [5, 5.41) is 0. The van der Waals surface area contributed by atoms with E-state index < -0.39 is 0 Å². The molecule has 2 heterocycles. The van der Waals surface area contributed by atoms with Gasteiger partial charge in [-0.05, 0) is 77.2 Å². The molecule has 1 fully saturated rings. The Morgan fingerprint density at radius 2 is 1.81 bits per heavy atom. The van der Waals surface area contributed by atoms with Gasteiger partial charge in [0.25, 0.3) is 5.91 Å². The first-order chi connectivity index (χ1) is 17.6. The van der Waals surface area contributed by atoms with Crippen molar-refractivity contribution in [2.75, 3.05) is 32.7 Å². The second-order valence-corrected chi connectivity index (χ2v) is 9.78. The first-order valence-corrected chi connectivity index (χ1v) is 13.4. The number of piperidine rings is 1. The fourth-order valence-corrected chi connectivity index (χ4v) is 5.65. The van der Waals surface area contributed by atoms with Gasteiger partial charge in [-0.2, -0.15) is 0 Å². The molecule has 1 amide bonds. The summed E-state index contributed by atoms with van der Waals surface area (Å²) in [4.78, 5) is 17.5. The number of hydrogen-bond acceptors (Lipinski definition) is 3. The molecule has 4 rings (SSSR count). The summed E-state index contributed by atoms with van der Waals surface area (Å²) in [5.41, 5.74) is 4.65. The number of carbonyl (C=O) groups is 1. The molecule has 4 nitrogen and oxygen atoms in total. The van der Waals surface area contributed by atoms with Gasteiger partial charge < -0.3 is 9.64 Å². The van der Waals surface area contributed by atoms with Crippen molar-refractivity contribution in [2.24, 2.45) is 5.92 Å². The lowest BCUT2D eigenvalue weighted by Gasteiger charge is -2.39. The molecule has 0 radical (unpaired) electrons. The first kappa shape index (κ1) is 26.0. The van der Waals surface area contributed by atoms with Gasteiger partial charge in [-0.25, -0.2) is 0 Å². The van der Waals surface area contributed by atoms with E-state index in [0.29, 0.717) is 30.5 Å². The summed E-state index contributed by atoms with van der Waals surface area (Å²) in [5.74, 6) is 2.67. The molecule has 2 aliphatic heterocycles. The molecule has 2 aromatic carbocycles. The highest BCUT2D eigenvalue weighted by molar-refractivity contribution is 5.95. The molecule has 1 atom stereocenters. The highest BCUT2D eigenvalue weighted by Crippen LogP contribution is 2.50. The summed E-state index contributed by atoms with van der Waals surface area (Å²) >= 11 is 0. The zero-order valence-electron chi connectivity index (χ0n) is 22.1. The minimum Gasteiger partial charge on any atom is -0.457 e. The molecule has 0 aliphatic carbocycles. The van der Waals surface area contributed by atoms with Gasteiger partial charge in [0.05, 0.1) is 0 Å². The fraction of sp³-hybridized carbons (Fsp3) is 0.406. The SMILES string of the molecule is C=CC=CC/C(=C\C)CN1CCC(C2c3ccccc3Oc3cc(C(=O)N(CC)CC)ccc32)CC1. The van der Waals surface area contributed by atoms with Crippen LogP contribution in [0.2, 0.25) is 0 Å². The maximum atomic E-state index is 13.0. The van der Waals surface area contributed by atoms with Gasteiger partial charge in [0.15, 0.2) is 0 Å². The summed E-state index contributed by atoms with van der Waals surface area (Å²) in [7, 11) is 0. The normalized spacial score (nSPS) is 18.4. The zero-order valence-corrected chi connectivity index (χ0v) is 22.1. The number of likely N-dealkylation sites (tertiary alicyclic amines) is 1. The molecule has 1 saturated heterocycles. The van der Waals surface area contributed by atoms with Crippen LogP contribution in [0.15, 0.2) is 78.9 Å². The Bertz CT molecular complexity index is 1120. The smallest absolute Gasteiger partial charge is 0.253 e. The van der Waals surface area contributed by atoms with Crippen LogP contribution in [0.5, 0.6) is 11.5 Å². The van der Waals surface area contributed by atoms with E-state index >= 15 is 0 Å². The van der Waals surface area contributed by atoms with Crippen molar-refractivity contribution in [2.45, 2.75) is 46.0 Å². The molecule has 0 spiro atoms. The topological polar surface area (TPSA) is 32.8 Å². The number of benzene rings is 2. The van der Waals surface area contributed by atoms with Crippen molar-refractivity contribution in [3.8, 4) is 11.5 Å². The molecule has 0 saturated carbocycles. The largest absolute Gasteiger partial charge is 0.457 e. The molecule has 1 unspecified atom stereocenters. The maximum absolute atomic E-state index is 13.0. The van der Waals surface area contributed by atoms with Gasteiger partial charge in [0, 0.05) is 42.2 Å². The number of allylic oxidation sites excluding steroid dienone is 4. The second kappa shape index (κ2) is 12.2. The van der Waals surface area contributed by atoms with Crippen LogP contribution in [0.3, 0.4) is 0 Å². The van der Waals surface area contributed by atoms with Crippen molar-refractivity contribution >= 4 is 5.91 Å². The summed E-state index contributed by atoms with van der Waals surface area (Å²) in [6, 6.07) is 14.5. The Balaban J connectivity index is 1.53. The Morgan fingerprint density at radius 1 is 1.08 bits per heavy atom. The van der Waals surface area contributed by atoms with Crippen LogP contribution >= 0.6 is 0 Å². The summed E-state index contributed by atoms with van der Waals surface area (Å²) in [6.07, 6.45) is 11.6. The number of para-hydroxylation sites is 1. The first-order valence-electron chi connectivity index (χ1n) is 13.4. The third kappa shape index (κ3) is 5.65. The molecule has 0 bridgehead atoms. The lowest BCUT2D eigenvalue weighted by molar-refractivity contribution is 0.0772. The number of ether oxygens (including phenoxy) is 1. The molecule has 2 aliphatic rings. The molecule has 0 N–H and O–H groups in total. The summed E-state index contributed by atoms with van der Waals surface area (Å²) in [6.45, 7) is 14.6. The van der Waals surface area contributed by atoms with Gasteiger partial charge in [0.1, 0.15) is 11.5 Å². The van der Waals surface area contributed by atoms with Crippen molar-refractivity contribution in [1.82, 2.24) is 9.80 Å².